The molecule has 15 heavy (non-hydrogen) atoms. The second kappa shape index (κ2) is 5.51. The Morgan fingerprint density at radius 1 is 1.47 bits per heavy atom. The first-order valence-corrected chi connectivity index (χ1v) is 6.41. The SMILES string of the molecule is CCN(C)C(=O)N(C)Cc1cc(Br)cs1. The lowest BCUT2D eigenvalue weighted by Gasteiger charge is -2.23. The third-order valence-corrected chi connectivity index (χ3v) is 3.82. The van der Waals surface area contributed by atoms with Crippen LogP contribution in [0.1, 0.15) is 11.8 Å². The first-order chi connectivity index (χ1) is 7.04. The summed E-state index contributed by atoms with van der Waals surface area (Å²) in [5, 5.41) is 2.02. The fourth-order valence-corrected chi connectivity index (χ4v) is 2.67. The third-order valence-electron chi connectivity index (χ3n) is 2.14. The smallest absolute Gasteiger partial charge is 0.319 e. The summed E-state index contributed by atoms with van der Waals surface area (Å²) in [6, 6.07) is 2.10. The molecule has 0 atom stereocenters. The number of halogens is 1. The summed E-state index contributed by atoms with van der Waals surface area (Å²) in [6.45, 7) is 3.37. The molecule has 0 unspecified atom stereocenters. The number of thiophene rings is 1. The molecule has 0 bridgehead atoms. The Labute approximate surface area is 103 Å². The number of nitrogens with zero attached hydrogens (tertiary/aromatic N) is 2. The van der Waals surface area contributed by atoms with Gasteiger partial charge in [0.1, 0.15) is 0 Å². The van der Waals surface area contributed by atoms with Crippen molar-refractivity contribution >= 4 is 33.3 Å². The van der Waals surface area contributed by atoms with Gasteiger partial charge in [0.05, 0.1) is 6.54 Å². The summed E-state index contributed by atoms with van der Waals surface area (Å²) in [5.74, 6) is 0. The lowest BCUT2D eigenvalue weighted by atomic mass is 10.4. The van der Waals surface area contributed by atoms with Gasteiger partial charge in [-0.2, -0.15) is 0 Å². The molecule has 2 amide bonds. The lowest BCUT2D eigenvalue weighted by molar-refractivity contribution is 0.174. The van der Waals surface area contributed by atoms with Gasteiger partial charge < -0.3 is 9.80 Å². The molecule has 84 valence electrons. The van der Waals surface area contributed by atoms with E-state index in [0.29, 0.717) is 6.54 Å². The fraction of sp³-hybridized carbons (Fsp3) is 0.500. The predicted molar refractivity (Wildman–Crippen MR) is 67.2 cm³/mol. The molecule has 1 aromatic heterocycles. The number of rotatable bonds is 3. The average Bonchev–Trinajstić information content (AvgIpc) is 2.61. The molecule has 5 heteroatoms. The Kier molecular flexibility index (Phi) is 4.60. The molecule has 1 aromatic rings. The topological polar surface area (TPSA) is 23.6 Å². The van der Waals surface area contributed by atoms with E-state index in [4.69, 9.17) is 0 Å². The van der Waals surface area contributed by atoms with E-state index >= 15 is 0 Å². The van der Waals surface area contributed by atoms with E-state index in [9.17, 15) is 4.79 Å². The zero-order valence-electron chi connectivity index (χ0n) is 9.16. The summed E-state index contributed by atoms with van der Waals surface area (Å²) in [4.78, 5) is 16.3. The van der Waals surface area contributed by atoms with E-state index in [2.05, 4.69) is 15.9 Å². The Balaban J connectivity index is 2.55. The maximum Gasteiger partial charge on any atom is 0.319 e. The highest BCUT2D eigenvalue weighted by Crippen LogP contribution is 2.20. The van der Waals surface area contributed by atoms with Gasteiger partial charge in [-0.1, -0.05) is 0 Å². The Morgan fingerprint density at radius 3 is 2.60 bits per heavy atom. The quantitative estimate of drug-likeness (QED) is 0.839. The normalized spacial score (nSPS) is 10.1. The lowest BCUT2D eigenvalue weighted by Crippen LogP contribution is -2.37. The van der Waals surface area contributed by atoms with Crippen LogP contribution in [0.2, 0.25) is 0 Å². The van der Waals surface area contributed by atoms with Crippen molar-refractivity contribution in [3.63, 3.8) is 0 Å². The third kappa shape index (κ3) is 3.50. The Morgan fingerprint density at radius 2 is 2.13 bits per heavy atom. The van der Waals surface area contributed by atoms with Gasteiger partial charge in [-0.15, -0.1) is 11.3 Å². The van der Waals surface area contributed by atoms with E-state index < -0.39 is 0 Å². The summed E-state index contributed by atoms with van der Waals surface area (Å²) >= 11 is 5.05. The van der Waals surface area contributed by atoms with Gasteiger partial charge in [0.25, 0.3) is 0 Å². The monoisotopic (exact) mass is 290 g/mol. The van der Waals surface area contributed by atoms with Gasteiger partial charge in [0, 0.05) is 35.4 Å². The molecule has 0 aliphatic carbocycles. The highest BCUT2D eigenvalue weighted by atomic mass is 79.9. The molecule has 1 heterocycles. The number of carbonyl (C=O) groups is 1. The summed E-state index contributed by atoms with van der Waals surface area (Å²) < 4.78 is 1.08. The minimum absolute atomic E-state index is 0.0574. The molecule has 0 saturated heterocycles. The van der Waals surface area contributed by atoms with E-state index in [1.54, 1.807) is 21.1 Å². The van der Waals surface area contributed by atoms with Gasteiger partial charge in [-0.25, -0.2) is 4.79 Å². The first-order valence-electron chi connectivity index (χ1n) is 4.73. The van der Waals surface area contributed by atoms with Gasteiger partial charge in [0.15, 0.2) is 0 Å². The minimum atomic E-state index is 0.0574. The van der Waals surface area contributed by atoms with Gasteiger partial charge in [0.2, 0.25) is 0 Å². The van der Waals surface area contributed by atoms with Gasteiger partial charge >= 0.3 is 6.03 Å². The van der Waals surface area contributed by atoms with Crippen molar-refractivity contribution in [2.24, 2.45) is 0 Å². The maximum atomic E-state index is 11.7. The Hall–Kier alpha value is -0.550. The predicted octanol–water partition coefficient (Wildman–Crippen LogP) is 3.01. The van der Waals surface area contributed by atoms with Crippen LogP contribution in [0.15, 0.2) is 15.9 Å². The largest absolute Gasteiger partial charge is 0.328 e. The highest BCUT2D eigenvalue weighted by Gasteiger charge is 2.13. The standard InChI is InChI=1S/C10H15BrN2OS/c1-4-12(2)10(14)13(3)6-9-5-8(11)7-15-9/h5,7H,4,6H2,1-3H3. The zero-order chi connectivity index (χ0) is 11.4. The van der Waals surface area contributed by atoms with Crippen LogP contribution in [0.5, 0.6) is 0 Å². The molecule has 1 rings (SSSR count). The van der Waals surface area contributed by atoms with Crippen LogP contribution in [-0.2, 0) is 6.54 Å². The number of hydrogen-bond donors (Lipinski definition) is 0. The molecule has 0 N–H and O–H groups in total. The van der Waals surface area contributed by atoms with Crippen LogP contribution in [0.25, 0.3) is 0 Å². The van der Waals surface area contributed by atoms with Crippen molar-refractivity contribution in [1.82, 2.24) is 9.80 Å². The van der Waals surface area contributed by atoms with E-state index in [1.807, 2.05) is 32.5 Å². The molecule has 0 spiro atoms. The number of amides is 2. The highest BCUT2D eigenvalue weighted by molar-refractivity contribution is 9.10. The van der Waals surface area contributed by atoms with E-state index in [-0.39, 0.29) is 6.03 Å². The van der Waals surface area contributed by atoms with Gasteiger partial charge in [-0.05, 0) is 28.9 Å². The molecule has 0 fully saturated rings. The van der Waals surface area contributed by atoms with E-state index in [0.717, 1.165) is 11.0 Å². The maximum absolute atomic E-state index is 11.7. The van der Waals surface area contributed by atoms with E-state index in [1.165, 1.54) is 4.88 Å². The summed E-state index contributed by atoms with van der Waals surface area (Å²) in [6.07, 6.45) is 0. The van der Waals surface area contributed by atoms with Crippen LogP contribution >= 0.6 is 27.3 Å². The summed E-state index contributed by atoms with van der Waals surface area (Å²) in [7, 11) is 3.63. The molecule has 0 radical (unpaired) electrons. The van der Waals surface area contributed by atoms with Crippen molar-refractivity contribution in [3.8, 4) is 0 Å². The van der Waals surface area contributed by atoms with Crippen LogP contribution in [0.3, 0.4) is 0 Å². The molecule has 0 aliphatic heterocycles. The summed E-state index contributed by atoms with van der Waals surface area (Å²) in [5.41, 5.74) is 0. The molecular weight excluding hydrogens is 276 g/mol. The molecule has 3 nitrogen and oxygen atoms in total. The first kappa shape index (κ1) is 12.5. The number of urea groups is 1. The van der Waals surface area contributed by atoms with Crippen molar-refractivity contribution in [2.75, 3.05) is 20.6 Å². The molecule has 0 aliphatic rings. The van der Waals surface area contributed by atoms with Crippen molar-refractivity contribution in [1.29, 1.82) is 0 Å². The van der Waals surface area contributed by atoms with Crippen LogP contribution < -0.4 is 0 Å². The second-order valence-corrected chi connectivity index (χ2v) is 5.30. The van der Waals surface area contributed by atoms with Crippen molar-refractivity contribution < 1.29 is 4.79 Å². The molecule has 0 saturated carbocycles. The number of hydrogen-bond acceptors (Lipinski definition) is 2. The van der Waals surface area contributed by atoms with Crippen LogP contribution in [-0.4, -0.2) is 36.5 Å². The van der Waals surface area contributed by atoms with Crippen molar-refractivity contribution in [2.45, 2.75) is 13.5 Å². The average molecular weight is 291 g/mol. The fourth-order valence-electron chi connectivity index (χ4n) is 1.16. The number of carbonyl (C=O) groups excluding carboxylic acids is 1. The van der Waals surface area contributed by atoms with Crippen molar-refractivity contribution in [3.05, 3.63) is 20.8 Å². The van der Waals surface area contributed by atoms with Crippen LogP contribution in [0.4, 0.5) is 4.79 Å². The van der Waals surface area contributed by atoms with Gasteiger partial charge in [-0.3, -0.25) is 0 Å². The molecule has 0 aromatic carbocycles. The Bertz CT molecular complexity index is 340. The molecular formula is C10H15BrN2OS. The van der Waals surface area contributed by atoms with Crippen LogP contribution in [0, 0.1) is 0 Å². The second-order valence-electron chi connectivity index (χ2n) is 3.38. The minimum Gasteiger partial charge on any atom is -0.328 e. The zero-order valence-corrected chi connectivity index (χ0v) is 11.6.